The average molecular weight is 331 g/mol. The SMILES string of the molecule is COC(=O)CCc1ccc(N2CCN(C3CCC(N)CC3)C2)cc1. The zero-order valence-electron chi connectivity index (χ0n) is 14.6. The van der Waals surface area contributed by atoms with E-state index in [1.54, 1.807) is 0 Å². The van der Waals surface area contributed by atoms with E-state index < -0.39 is 0 Å². The minimum absolute atomic E-state index is 0.151. The van der Waals surface area contributed by atoms with Gasteiger partial charge in [-0.05, 0) is 49.8 Å². The molecular weight excluding hydrogens is 302 g/mol. The molecule has 0 atom stereocenters. The van der Waals surface area contributed by atoms with Crippen LogP contribution in [0.15, 0.2) is 24.3 Å². The van der Waals surface area contributed by atoms with Gasteiger partial charge in [-0.25, -0.2) is 0 Å². The van der Waals surface area contributed by atoms with Crippen LogP contribution in [0.2, 0.25) is 0 Å². The number of ether oxygens (including phenoxy) is 1. The van der Waals surface area contributed by atoms with Crippen LogP contribution >= 0.6 is 0 Å². The molecule has 0 radical (unpaired) electrons. The summed E-state index contributed by atoms with van der Waals surface area (Å²) in [5.74, 6) is -0.151. The lowest BCUT2D eigenvalue weighted by atomic mass is 9.91. The maximum Gasteiger partial charge on any atom is 0.305 e. The summed E-state index contributed by atoms with van der Waals surface area (Å²) in [5.41, 5.74) is 8.47. The number of hydrogen-bond donors (Lipinski definition) is 1. The fourth-order valence-corrected chi connectivity index (χ4v) is 3.81. The molecule has 3 rings (SSSR count). The van der Waals surface area contributed by atoms with Crippen molar-refractivity contribution in [3.8, 4) is 0 Å². The number of methoxy groups -OCH3 is 1. The second-order valence-electron chi connectivity index (χ2n) is 7.03. The number of anilines is 1. The third-order valence-corrected chi connectivity index (χ3v) is 5.41. The molecule has 1 heterocycles. The summed E-state index contributed by atoms with van der Waals surface area (Å²) in [6.45, 7) is 3.25. The van der Waals surface area contributed by atoms with Crippen molar-refractivity contribution in [2.24, 2.45) is 5.73 Å². The quantitative estimate of drug-likeness (QED) is 0.838. The topological polar surface area (TPSA) is 58.8 Å². The number of rotatable bonds is 5. The highest BCUT2D eigenvalue weighted by Gasteiger charge is 2.29. The highest BCUT2D eigenvalue weighted by molar-refractivity contribution is 5.69. The van der Waals surface area contributed by atoms with Crippen molar-refractivity contribution in [1.29, 1.82) is 0 Å². The van der Waals surface area contributed by atoms with Gasteiger partial charge < -0.3 is 15.4 Å². The van der Waals surface area contributed by atoms with Crippen LogP contribution in [0, 0.1) is 0 Å². The Morgan fingerprint density at radius 2 is 1.88 bits per heavy atom. The molecule has 2 aliphatic rings. The van der Waals surface area contributed by atoms with Crippen molar-refractivity contribution in [2.75, 3.05) is 31.8 Å². The van der Waals surface area contributed by atoms with E-state index in [2.05, 4.69) is 34.1 Å². The molecule has 1 aliphatic carbocycles. The van der Waals surface area contributed by atoms with Gasteiger partial charge in [0.2, 0.25) is 0 Å². The molecule has 0 bridgehead atoms. The Morgan fingerprint density at radius 3 is 2.54 bits per heavy atom. The Labute approximate surface area is 144 Å². The van der Waals surface area contributed by atoms with E-state index in [4.69, 9.17) is 10.5 Å². The molecule has 0 spiro atoms. The molecule has 1 aliphatic heterocycles. The Morgan fingerprint density at radius 1 is 1.17 bits per heavy atom. The lowest BCUT2D eigenvalue weighted by Gasteiger charge is -2.33. The third-order valence-electron chi connectivity index (χ3n) is 5.41. The third kappa shape index (κ3) is 4.28. The summed E-state index contributed by atoms with van der Waals surface area (Å²) in [7, 11) is 1.44. The van der Waals surface area contributed by atoms with Gasteiger partial charge in [0.1, 0.15) is 0 Å². The first-order valence-corrected chi connectivity index (χ1v) is 9.06. The number of hydrogen-bond acceptors (Lipinski definition) is 5. The van der Waals surface area contributed by atoms with Crippen LogP contribution in [0.3, 0.4) is 0 Å². The van der Waals surface area contributed by atoms with Crippen molar-refractivity contribution in [3.05, 3.63) is 29.8 Å². The minimum Gasteiger partial charge on any atom is -0.469 e. The lowest BCUT2D eigenvalue weighted by Crippen LogP contribution is -2.40. The van der Waals surface area contributed by atoms with E-state index in [9.17, 15) is 4.79 Å². The maximum atomic E-state index is 11.2. The molecule has 0 amide bonds. The molecule has 0 unspecified atom stereocenters. The normalized spacial score (nSPS) is 25.0. The molecule has 2 fully saturated rings. The Hall–Kier alpha value is -1.59. The largest absolute Gasteiger partial charge is 0.469 e. The van der Waals surface area contributed by atoms with Crippen LogP contribution < -0.4 is 10.6 Å². The molecular formula is C19H29N3O2. The van der Waals surface area contributed by atoms with Crippen LogP contribution in [-0.2, 0) is 16.0 Å². The number of carbonyl (C=O) groups excluding carboxylic acids is 1. The van der Waals surface area contributed by atoms with Crippen molar-refractivity contribution in [2.45, 2.75) is 50.6 Å². The van der Waals surface area contributed by atoms with Gasteiger partial charge in [-0.3, -0.25) is 9.69 Å². The van der Waals surface area contributed by atoms with Crippen LogP contribution in [0.4, 0.5) is 5.69 Å². The van der Waals surface area contributed by atoms with Crippen molar-refractivity contribution in [1.82, 2.24) is 4.90 Å². The van der Waals surface area contributed by atoms with E-state index >= 15 is 0 Å². The number of aryl methyl sites for hydroxylation is 1. The summed E-state index contributed by atoms with van der Waals surface area (Å²) in [5, 5.41) is 0. The van der Waals surface area contributed by atoms with E-state index in [0.29, 0.717) is 18.5 Å². The van der Waals surface area contributed by atoms with Gasteiger partial charge in [0, 0.05) is 37.3 Å². The number of nitrogens with two attached hydrogens (primary N) is 1. The summed E-state index contributed by atoms with van der Waals surface area (Å²) in [6, 6.07) is 9.72. The zero-order chi connectivity index (χ0) is 16.9. The summed E-state index contributed by atoms with van der Waals surface area (Å²) in [6.07, 6.45) is 5.98. The van der Waals surface area contributed by atoms with Crippen LogP contribution in [-0.4, -0.2) is 49.8 Å². The highest BCUT2D eigenvalue weighted by Crippen LogP contribution is 2.26. The fourth-order valence-electron chi connectivity index (χ4n) is 3.81. The molecule has 0 aromatic heterocycles. The van der Waals surface area contributed by atoms with Crippen molar-refractivity contribution < 1.29 is 9.53 Å². The Kier molecular flexibility index (Phi) is 5.74. The maximum absolute atomic E-state index is 11.2. The molecule has 24 heavy (non-hydrogen) atoms. The molecule has 5 heteroatoms. The van der Waals surface area contributed by atoms with Gasteiger partial charge in [0.15, 0.2) is 0 Å². The number of carbonyl (C=O) groups is 1. The first-order valence-electron chi connectivity index (χ1n) is 9.06. The smallest absolute Gasteiger partial charge is 0.305 e. The molecule has 1 aromatic carbocycles. The first-order chi connectivity index (χ1) is 11.7. The fraction of sp³-hybridized carbons (Fsp3) is 0.632. The molecule has 1 aromatic rings. The Bertz CT molecular complexity index is 538. The van der Waals surface area contributed by atoms with Gasteiger partial charge in [-0.1, -0.05) is 12.1 Å². The van der Waals surface area contributed by atoms with Crippen molar-refractivity contribution in [3.63, 3.8) is 0 Å². The predicted molar refractivity (Wildman–Crippen MR) is 95.9 cm³/mol. The summed E-state index contributed by atoms with van der Waals surface area (Å²) in [4.78, 5) is 16.3. The van der Waals surface area contributed by atoms with E-state index in [1.165, 1.54) is 31.2 Å². The highest BCUT2D eigenvalue weighted by atomic mass is 16.5. The van der Waals surface area contributed by atoms with E-state index in [1.807, 2.05) is 0 Å². The van der Waals surface area contributed by atoms with Gasteiger partial charge >= 0.3 is 5.97 Å². The summed E-state index contributed by atoms with van der Waals surface area (Å²) < 4.78 is 4.69. The standard InChI is InChI=1S/C19H29N3O2/c1-24-19(23)11-4-15-2-7-17(8-3-15)21-12-13-22(14-21)18-9-5-16(20)6-10-18/h2-3,7-8,16,18H,4-6,9-14,20H2,1H3. The number of benzene rings is 1. The zero-order valence-corrected chi connectivity index (χ0v) is 14.6. The lowest BCUT2D eigenvalue weighted by molar-refractivity contribution is -0.140. The van der Waals surface area contributed by atoms with Gasteiger partial charge in [0.05, 0.1) is 13.8 Å². The van der Waals surface area contributed by atoms with Crippen LogP contribution in [0.25, 0.3) is 0 Å². The van der Waals surface area contributed by atoms with Crippen molar-refractivity contribution >= 4 is 11.7 Å². The van der Waals surface area contributed by atoms with E-state index in [-0.39, 0.29) is 5.97 Å². The second-order valence-corrected chi connectivity index (χ2v) is 7.03. The minimum atomic E-state index is -0.151. The van der Waals surface area contributed by atoms with Crippen LogP contribution in [0.5, 0.6) is 0 Å². The van der Waals surface area contributed by atoms with Gasteiger partial charge in [-0.2, -0.15) is 0 Å². The van der Waals surface area contributed by atoms with Gasteiger partial charge in [-0.15, -0.1) is 0 Å². The number of nitrogens with zero attached hydrogens (tertiary/aromatic N) is 2. The summed E-state index contributed by atoms with van der Waals surface area (Å²) >= 11 is 0. The van der Waals surface area contributed by atoms with Crippen LogP contribution in [0.1, 0.15) is 37.7 Å². The van der Waals surface area contributed by atoms with Gasteiger partial charge in [0.25, 0.3) is 0 Å². The second kappa shape index (κ2) is 7.99. The Balaban J connectivity index is 1.51. The monoisotopic (exact) mass is 331 g/mol. The molecule has 5 nitrogen and oxygen atoms in total. The number of esters is 1. The molecule has 132 valence electrons. The molecule has 1 saturated carbocycles. The molecule has 1 saturated heterocycles. The van der Waals surface area contributed by atoms with E-state index in [0.717, 1.165) is 39.0 Å². The first kappa shape index (κ1) is 17.2. The predicted octanol–water partition coefficient (Wildman–Crippen LogP) is 2.14. The molecule has 2 N–H and O–H groups in total. The average Bonchev–Trinajstić information content (AvgIpc) is 3.11.